The Balaban J connectivity index is 1.64. The van der Waals surface area contributed by atoms with Crippen molar-refractivity contribution >= 4 is 29.2 Å². The van der Waals surface area contributed by atoms with Gasteiger partial charge in [-0.15, -0.1) is 5.10 Å². The van der Waals surface area contributed by atoms with E-state index in [0.29, 0.717) is 11.5 Å². The standard InChI is InChI=1S/C19H21N7O2/c1-14(27)25(16-7-5-15(6-8-16)24-10-12-28-13-11-24)19-22-18(20)26(23-19)17-4-2-3-9-21-17/h2-9H,10-13H2,1H3,(H2,20,22,23). The molecular weight excluding hydrogens is 358 g/mol. The molecule has 0 saturated carbocycles. The van der Waals surface area contributed by atoms with Crippen LogP contribution in [0.3, 0.4) is 0 Å². The van der Waals surface area contributed by atoms with Gasteiger partial charge in [-0.25, -0.2) is 9.88 Å². The molecule has 4 rings (SSSR count). The molecule has 0 radical (unpaired) electrons. The number of hydrogen-bond acceptors (Lipinski definition) is 7. The molecule has 9 heteroatoms. The van der Waals surface area contributed by atoms with Crippen molar-refractivity contribution < 1.29 is 9.53 Å². The number of aromatic nitrogens is 4. The van der Waals surface area contributed by atoms with Gasteiger partial charge in [0.25, 0.3) is 5.95 Å². The molecule has 3 aromatic rings. The lowest BCUT2D eigenvalue weighted by molar-refractivity contribution is -0.115. The highest BCUT2D eigenvalue weighted by molar-refractivity contribution is 5.97. The van der Waals surface area contributed by atoms with Crippen molar-refractivity contribution in [2.75, 3.05) is 41.8 Å². The van der Waals surface area contributed by atoms with E-state index in [1.165, 1.54) is 16.5 Å². The monoisotopic (exact) mass is 379 g/mol. The number of hydrogen-bond donors (Lipinski definition) is 1. The highest BCUT2D eigenvalue weighted by Crippen LogP contribution is 2.27. The van der Waals surface area contributed by atoms with Crippen LogP contribution in [-0.4, -0.2) is 52.0 Å². The summed E-state index contributed by atoms with van der Waals surface area (Å²) in [4.78, 5) is 24.5. The van der Waals surface area contributed by atoms with Crippen molar-refractivity contribution in [1.29, 1.82) is 0 Å². The Morgan fingerprint density at radius 3 is 2.54 bits per heavy atom. The largest absolute Gasteiger partial charge is 0.378 e. The molecule has 0 bridgehead atoms. The van der Waals surface area contributed by atoms with Gasteiger partial charge in [0.1, 0.15) is 0 Å². The van der Waals surface area contributed by atoms with Crippen LogP contribution in [0.5, 0.6) is 0 Å². The minimum atomic E-state index is -0.211. The number of carbonyl (C=O) groups is 1. The van der Waals surface area contributed by atoms with Gasteiger partial charge in [0.05, 0.1) is 18.9 Å². The lowest BCUT2D eigenvalue weighted by Gasteiger charge is -2.29. The van der Waals surface area contributed by atoms with Crippen LogP contribution >= 0.6 is 0 Å². The minimum Gasteiger partial charge on any atom is -0.378 e. The van der Waals surface area contributed by atoms with Gasteiger partial charge in [-0.05, 0) is 36.4 Å². The van der Waals surface area contributed by atoms with Crippen LogP contribution in [0, 0.1) is 0 Å². The van der Waals surface area contributed by atoms with Crippen LogP contribution in [0.2, 0.25) is 0 Å². The first-order valence-corrected chi connectivity index (χ1v) is 9.01. The summed E-state index contributed by atoms with van der Waals surface area (Å²) in [6, 6.07) is 13.1. The quantitative estimate of drug-likeness (QED) is 0.737. The number of nitrogens with zero attached hydrogens (tertiary/aromatic N) is 6. The molecular formula is C19H21N7O2. The summed E-state index contributed by atoms with van der Waals surface area (Å²) in [5.41, 5.74) is 7.76. The zero-order chi connectivity index (χ0) is 19.5. The van der Waals surface area contributed by atoms with Gasteiger partial charge < -0.3 is 15.4 Å². The Labute approximate surface area is 162 Å². The minimum absolute atomic E-state index is 0.157. The second-order valence-corrected chi connectivity index (χ2v) is 6.34. The molecule has 1 aliphatic heterocycles. The number of pyridine rings is 1. The molecule has 1 amide bonds. The van der Waals surface area contributed by atoms with E-state index >= 15 is 0 Å². The number of rotatable bonds is 4. The number of anilines is 4. The molecule has 0 unspecified atom stereocenters. The Hall–Kier alpha value is -3.46. The zero-order valence-corrected chi connectivity index (χ0v) is 15.5. The zero-order valence-electron chi connectivity index (χ0n) is 15.5. The van der Waals surface area contributed by atoms with Crippen LogP contribution in [0.4, 0.5) is 23.3 Å². The normalized spacial score (nSPS) is 14.1. The summed E-state index contributed by atoms with van der Waals surface area (Å²) < 4.78 is 6.80. The number of morpholine rings is 1. The second-order valence-electron chi connectivity index (χ2n) is 6.34. The highest BCUT2D eigenvalue weighted by Gasteiger charge is 2.22. The summed E-state index contributed by atoms with van der Waals surface area (Å²) in [7, 11) is 0. The Morgan fingerprint density at radius 1 is 1.14 bits per heavy atom. The second kappa shape index (κ2) is 7.65. The average Bonchev–Trinajstić information content (AvgIpc) is 3.11. The molecule has 0 aliphatic carbocycles. The fourth-order valence-electron chi connectivity index (χ4n) is 3.13. The summed E-state index contributed by atoms with van der Waals surface area (Å²) in [5, 5.41) is 4.39. The van der Waals surface area contributed by atoms with Gasteiger partial charge in [0.2, 0.25) is 11.9 Å². The van der Waals surface area contributed by atoms with E-state index in [9.17, 15) is 4.79 Å². The number of nitrogen functional groups attached to an aromatic ring is 1. The average molecular weight is 379 g/mol. The van der Waals surface area contributed by atoms with Crippen molar-refractivity contribution in [3.05, 3.63) is 48.7 Å². The molecule has 0 atom stereocenters. The third-order valence-electron chi connectivity index (χ3n) is 4.49. The van der Waals surface area contributed by atoms with Crippen molar-refractivity contribution in [3.63, 3.8) is 0 Å². The van der Waals surface area contributed by atoms with Gasteiger partial charge in [0.15, 0.2) is 5.82 Å². The van der Waals surface area contributed by atoms with Gasteiger partial charge in [0, 0.05) is 31.9 Å². The molecule has 1 saturated heterocycles. The van der Waals surface area contributed by atoms with Crippen LogP contribution in [-0.2, 0) is 9.53 Å². The number of ether oxygens (including phenoxy) is 1. The van der Waals surface area contributed by atoms with E-state index in [2.05, 4.69) is 20.0 Å². The van der Waals surface area contributed by atoms with Crippen LogP contribution in [0.15, 0.2) is 48.7 Å². The Kier molecular flexibility index (Phi) is 4.90. The van der Waals surface area contributed by atoms with Crippen molar-refractivity contribution in [2.24, 2.45) is 0 Å². The number of carbonyl (C=O) groups excluding carboxylic acids is 1. The van der Waals surface area contributed by atoms with E-state index in [4.69, 9.17) is 10.5 Å². The molecule has 1 aliphatic rings. The SMILES string of the molecule is CC(=O)N(c1ccc(N2CCOCC2)cc1)c1nc(N)n(-c2ccccn2)n1. The van der Waals surface area contributed by atoms with Crippen molar-refractivity contribution in [1.82, 2.24) is 19.7 Å². The number of amides is 1. The van der Waals surface area contributed by atoms with Crippen LogP contribution in [0.1, 0.15) is 6.92 Å². The summed E-state index contributed by atoms with van der Waals surface area (Å²) in [6.45, 7) is 4.60. The maximum atomic E-state index is 12.3. The highest BCUT2D eigenvalue weighted by atomic mass is 16.5. The fraction of sp³-hybridized carbons (Fsp3) is 0.263. The van der Waals surface area contributed by atoms with Gasteiger partial charge in [-0.2, -0.15) is 9.67 Å². The fourth-order valence-corrected chi connectivity index (χ4v) is 3.13. The van der Waals surface area contributed by atoms with E-state index < -0.39 is 0 Å². The molecule has 144 valence electrons. The van der Waals surface area contributed by atoms with E-state index in [1.807, 2.05) is 30.3 Å². The molecule has 9 nitrogen and oxygen atoms in total. The molecule has 1 fully saturated rings. The summed E-state index contributed by atoms with van der Waals surface area (Å²) in [6.07, 6.45) is 1.64. The third-order valence-corrected chi connectivity index (χ3v) is 4.49. The molecule has 3 heterocycles. The summed E-state index contributed by atoms with van der Waals surface area (Å²) in [5.74, 6) is 0.682. The Morgan fingerprint density at radius 2 is 1.89 bits per heavy atom. The van der Waals surface area contributed by atoms with Crippen molar-refractivity contribution in [2.45, 2.75) is 6.92 Å². The lowest BCUT2D eigenvalue weighted by atomic mass is 10.2. The van der Waals surface area contributed by atoms with E-state index in [0.717, 1.165) is 32.0 Å². The predicted molar refractivity (Wildman–Crippen MR) is 106 cm³/mol. The number of benzene rings is 1. The van der Waals surface area contributed by atoms with Crippen LogP contribution < -0.4 is 15.5 Å². The number of nitrogens with two attached hydrogens (primary N) is 1. The molecule has 0 spiro atoms. The first-order chi connectivity index (χ1) is 13.6. The van der Waals surface area contributed by atoms with Crippen LogP contribution in [0.25, 0.3) is 5.82 Å². The maximum absolute atomic E-state index is 12.3. The summed E-state index contributed by atoms with van der Waals surface area (Å²) >= 11 is 0. The van der Waals surface area contributed by atoms with Gasteiger partial charge >= 0.3 is 0 Å². The molecule has 1 aromatic carbocycles. The topological polar surface area (TPSA) is 102 Å². The smallest absolute Gasteiger partial charge is 0.258 e. The van der Waals surface area contributed by atoms with Gasteiger partial charge in [-0.3, -0.25) is 4.79 Å². The molecule has 28 heavy (non-hydrogen) atoms. The third kappa shape index (κ3) is 3.52. The molecule has 2 aromatic heterocycles. The maximum Gasteiger partial charge on any atom is 0.258 e. The molecule has 2 N–H and O–H groups in total. The van der Waals surface area contributed by atoms with Gasteiger partial charge in [-0.1, -0.05) is 6.07 Å². The lowest BCUT2D eigenvalue weighted by Crippen LogP contribution is -2.36. The Bertz CT molecular complexity index is 950. The van der Waals surface area contributed by atoms with E-state index in [-0.39, 0.29) is 17.8 Å². The van der Waals surface area contributed by atoms with Crippen molar-refractivity contribution in [3.8, 4) is 5.82 Å². The van der Waals surface area contributed by atoms with E-state index in [1.54, 1.807) is 18.3 Å². The predicted octanol–water partition coefficient (Wildman–Crippen LogP) is 1.77. The first kappa shape index (κ1) is 17.9. The first-order valence-electron chi connectivity index (χ1n) is 9.01.